The summed E-state index contributed by atoms with van der Waals surface area (Å²) in [4.78, 5) is 16.8. The van der Waals surface area contributed by atoms with Crippen molar-refractivity contribution in [3.63, 3.8) is 0 Å². The zero-order valence-electron chi connectivity index (χ0n) is 16.8. The van der Waals surface area contributed by atoms with Gasteiger partial charge in [-0.3, -0.25) is 4.79 Å². The summed E-state index contributed by atoms with van der Waals surface area (Å²) in [6.07, 6.45) is 4.32. The fourth-order valence-electron chi connectivity index (χ4n) is 4.01. The van der Waals surface area contributed by atoms with Crippen LogP contribution in [0.25, 0.3) is 0 Å². The van der Waals surface area contributed by atoms with Crippen LogP contribution >= 0.6 is 22.9 Å². The number of halogens is 1. The number of hydrogen-bond donors (Lipinski definition) is 0. The second kappa shape index (κ2) is 9.26. The highest BCUT2D eigenvalue weighted by Crippen LogP contribution is 2.28. The number of carbonyl (C=O) groups excluding carboxylic acids is 1. The SMILES string of the molecule is O=C(c1csc(S(=O)(=O)N2CCN(c3cccc(Cl)c3)CC2)c1)N1CCCCCC1. The molecule has 1 amide bonds. The molecule has 0 aliphatic carbocycles. The lowest BCUT2D eigenvalue weighted by Crippen LogP contribution is -2.48. The topological polar surface area (TPSA) is 60.9 Å². The Morgan fingerprint density at radius 3 is 2.30 bits per heavy atom. The van der Waals surface area contributed by atoms with E-state index in [1.165, 1.54) is 4.31 Å². The highest BCUT2D eigenvalue weighted by atomic mass is 35.5. The van der Waals surface area contributed by atoms with E-state index in [9.17, 15) is 13.2 Å². The molecule has 2 fully saturated rings. The van der Waals surface area contributed by atoms with Crippen LogP contribution in [0.3, 0.4) is 0 Å². The van der Waals surface area contributed by atoms with Crippen molar-refractivity contribution in [2.45, 2.75) is 29.9 Å². The van der Waals surface area contributed by atoms with E-state index in [1.54, 1.807) is 11.4 Å². The number of piperazine rings is 1. The van der Waals surface area contributed by atoms with Crippen molar-refractivity contribution in [1.82, 2.24) is 9.21 Å². The molecule has 9 heteroatoms. The first-order valence-corrected chi connectivity index (χ1v) is 13.0. The lowest BCUT2D eigenvalue weighted by molar-refractivity contribution is 0.0762. The molecule has 30 heavy (non-hydrogen) atoms. The van der Waals surface area contributed by atoms with Crippen LogP contribution in [0.1, 0.15) is 36.0 Å². The van der Waals surface area contributed by atoms with E-state index in [4.69, 9.17) is 11.6 Å². The molecule has 6 nitrogen and oxygen atoms in total. The van der Waals surface area contributed by atoms with Gasteiger partial charge in [-0.2, -0.15) is 4.31 Å². The van der Waals surface area contributed by atoms with Gasteiger partial charge in [0.05, 0.1) is 5.56 Å². The molecule has 2 aromatic rings. The molecular weight excluding hydrogens is 442 g/mol. The lowest BCUT2D eigenvalue weighted by atomic mass is 10.2. The Morgan fingerprint density at radius 2 is 1.63 bits per heavy atom. The van der Waals surface area contributed by atoms with E-state index in [0.29, 0.717) is 36.8 Å². The molecule has 2 saturated heterocycles. The van der Waals surface area contributed by atoms with Crippen LogP contribution in [0, 0.1) is 0 Å². The van der Waals surface area contributed by atoms with E-state index in [1.807, 2.05) is 29.2 Å². The van der Waals surface area contributed by atoms with E-state index in [-0.39, 0.29) is 10.1 Å². The average Bonchev–Trinajstić information content (AvgIpc) is 3.10. The summed E-state index contributed by atoms with van der Waals surface area (Å²) in [6, 6.07) is 9.15. The van der Waals surface area contributed by atoms with Crippen molar-refractivity contribution < 1.29 is 13.2 Å². The van der Waals surface area contributed by atoms with Crippen LogP contribution in [0.5, 0.6) is 0 Å². The number of carbonyl (C=O) groups is 1. The second-order valence-corrected chi connectivity index (χ2v) is 11.2. The van der Waals surface area contributed by atoms with Crippen LogP contribution in [0.15, 0.2) is 39.9 Å². The quantitative estimate of drug-likeness (QED) is 0.683. The predicted octanol–water partition coefficient (Wildman–Crippen LogP) is 3.93. The van der Waals surface area contributed by atoms with Crippen molar-refractivity contribution in [2.24, 2.45) is 0 Å². The first-order chi connectivity index (χ1) is 14.4. The van der Waals surface area contributed by atoms with E-state index < -0.39 is 10.0 Å². The first-order valence-electron chi connectivity index (χ1n) is 10.3. The maximum atomic E-state index is 13.1. The number of sulfonamides is 1. The van der Waals surface area contributed by atoms with Gasteiger partial charge in [-0.1, -0.05) is 30.5 Å². The molecule has 2 aliphatic heterocycles. The molecule has 0 unspecified atom stereocenters. The van der Waals surface area contributed by atoms with Crippen LogP contribution in [-0.4, -0.2) is 62.8 Å². The average molecular weight is 468 g/mol. The molecule has 0 N–H and O–H groups in total. The van der Waals surface area contributed by atoms with Crippen molar-refractivity contribution in [2.75, 3.05) is 44.2 Å². The summed E-state index contributed by atoms with van der Waals surface area (Å²) < 4.78 is 28.0. The molecule has 1 aromatic heterocycles. The summed E-state index contributed by atoms with van der Waals surface area (Å²) in [7, 11) is -3.60. The van der Waals surface area contributed by atoms with Crippen molar-refractivity contribution in [1.29, 1.82) is 0 Å². The van der Waals surface area contributed by atoms with Crippen molar-refractivity contribution >= 4 is 44.6 Å². The zero-order valence-corrected chi connectivity index (χ0v) is 19.2. The minimum Gasteiger partial charge on any atom is -0.369 e. The Balaban J connectivity index is 1.42. The van der Waals surface area contributed by atoms with Crippen LogP contribution in [-0.2, 0) is 10.0 Å². The van der Waals surface area contributed by atoms with Gasteiger partial charge in [-0.05, 0) is 37.1 Å². The summed E-state index contributed by atoms with van der Waals surface area (Å²) >= 11 is 7.21. The van der Waals surface area contributed by atoms with Gasteiger partial charge in [-0.15, -0.1) is 11.3 Å². The largest absolute Gasteiger partial charge is 0.369 e. The molecule has 4 rings (SSSR count). The van der Waals surface area contributed by atoms with Gasteiger partial charge in [0.25, 0.3) is 15.9 Å². The Hall–Kier alpha value is -1.61. The highest BCUT2D eigenvalue weighted by Gasteiger charge is 2.31. The lowest BCUT2D eigenvalue weighted by Gasteiger charge is -2.35. The predicted molar refractivity (Wildman–Crippen MR) is 121 cm³/mol. The first kappa shape index (κ1) is 21.6. The summed E-state index contributed by atoms with van der Waals surface area (Å²) in [5.74, 6) is -0.0552. The number of benzene rings is 1. The van der Waals surface area contributed by atoms with Crippen LogP contribution < -0.4 is 4.90 Å². The fourth-order valence-corrected chi connectivity index (χ4v) is 6.92. The Bertz CT molecular complexity index is 992. The van der Waals surface area contributed by atoms with Crippen LogP contribution in [0.2, 0.25) is 5.02 Å². The Labute approximate surface area is 187 Å². The minimum atomic E-state index is -3.60. The molecule has 2 aliphatic rings. The Kier molecular flexibility index (Phi) is 6.67. The number of thiophene rings is 1. The molecule has 0 radical (unpaired) electrons. The molecule has 1 aromatic carbocycles. The van der Waals surface area contributed by atoms with Gasteiger partial charge in [0.2, 0.25) is 0 Å². The van der Waals surface area contributed by atoms with E-state index in [2.05, 4.69) is 4.90 Å². The molecule has 0 saturated carbocycles. The zero-order chi connectivity index (χ0) is 21.1. The fraction of sp³-hybridized carbons (Fsp3) is 0.476. The van der Waals surface area contributed by atoms with Crippen molar-refractivity contribution in [3.8, 4) is 0 Å². The Morgan fingerprint density at radius 1 is 0.933 bits per heavy atom. The van der Waals surface area contributed by atoms with Crippen LogP contribution in [0.4, 0.5) is 5.69 Å². The monoisotopic (exact) mass is 467 g/mol. The van der Waals surface area contributed by atoms with E-state index >= 15 is 0 Å². The molecule has 3 heterocycles. The number of hydrogen-bond acceptors (Lipinski definition) is 5. The van der Waals surface area contributed by atoms with Gasteiger partial charge in [0.1, 0.15) is 4.21 Å². The third-order valence-corrected chi connectivity index (χ3v) is 9.27. The maximum absolute atomic E-state index is 13.1. The molecule has 0 atom stereocenters. The molecule has 162 valence electrons. The number of likely N-dealkylation sites (tertiary alicyclic amines) is 1. The van der Waals surface area contributed by atoms with Gasteiger partial charge in [0, 0.05) is 55.4 Å². The van der Waals surface area contributed by atoms with Gasteiger partial charge in [0.15, 0.2) is 0 Å². The molecular formula is C21H26ClN3O3S2. The smallest absolute Gasteiger partial charge is 0.254 e. The standard InChI is InChI=1S/C21H26ClN3O3S2/c22-18-6-5-7-19(15-18)23-10-12-25(13-11-23)30(27,28)20-14-17(16-29-20)21(26)24-8-3-1-2-4-9-24/h5-7,14-16H,1-4,8-13H2. The number of rotatable bonds is 4. The second-order valence-electron chi connectivity index (χ2n) is 7.73. The van der Waals surface area contributed by atoms with Gasteiger partial charge >= 0.3 is 0 Å². The van der Waals surface area contributed by atoms with Gasteiger partial charge < -0.3 is 9.80 Å². The maximum Gasteiger partial charge on any atom is 0.254 e. The van der Waals surface area contributed by atoms with Gasteiger partial charge in [-0.25, -0.2) is 8.42 Å². The summed E-state index contributed by atoms with van der Waals surface area (Å²) in [5.41, 5.74) is 1.49. The molecule has 0 bridgehead atoms. The van der Waals surface area contributed by atoms with Crippen molar-refractivity contribution in [3.05, 3.63) is 46.3 Å². The highest BCUT2D eigenvalue weighted by molar-refractivity contribution is 7.91. The third-order valence-electron chi connectivity index (χ3n) is 5.72. The summed E-state index contributed by atoms with van der Waals surface area (Å²) in [5, 5.41) is 2.35. The minimum absolute atomic E-state index is 0.0552. The summed E-state index contributed by atoms with van der Waals surface area (Å²) in [6.45, 7) is 3.52. The number of anilines is 1. The van der Waals surface area contributed by atoms with E-state index in [0.717, 1.165) is 55.8 Å². The molecule has 0 spiro atoms. The number of amides is 1. The number of nitrogens with zero attached hydrogens (tertiary/aromatic N) is 3. The normalized spacial score (nSPS) is 19.0. The third kappa shape index (κ3) is 4.66.